The molecular formula is C18H16BrClF2N2O2. The van der Waals surface area contributed by atoms with Gasteiger partial charge in [0.25, 0.3) is 0 Å². The van der Waals surface area contributed by atoms with Gasteiger partial charge < -0.3 is 15.4 Å². The third kappa shape index (κ3) is 3.64. The fourth-order valence-electron chi connectivity index (χ4n) is 3.23. The maximum atomic E-state index is 12.8. The Hall–Kier alpha value is -1.86. The molecule has 0 saturated heterocycles. The lowest BCUT2D eigenvalue weighted by Gasteiger charge is -2.23. The van der Waals surface area contributed by atoms with Gasteiger partial charge in [0.2, 0.25) is 5.91 Å². The number of fused-ring (bicyclic) bond motifs is 1. The zero-order valence-electron chi connectivity index (χ0n) is 14.0. The van der Waals surface area contributed by atoms with Gasteiger partial charge in [-0.2, -0.15) is 0 Å². The number of primary amides is 1. The number of carbonyl (C=O) groups is 1. The SMILES string of the molecule is CC1(C)CN(c2ccc(OC(F)(F)Cl)cc2)c2cc(C(N)=O)cc(Br)c21. The highest BCUT2D eigenvalue weighted by atomic mass is 79.9. The molecule has 0 radical (unpaired) electrons. The topological polar surface area (TPSA) is 55.6 Å². The molecule has 0 aromatic heterocycles. The Morgan fingerprint density at radius 1 is 1.31 bits per heavy atom. The molecule has 0 fully saturated rings. The lowest BCUT2D eigenvalue weighted by molar-refractivity contribution is -0.0964. The first-order valence-corrected chi connectivity index (χ1v) is 8.92. The number of halogens is 4. The van der Waals surface area contributed by atoms with Crippen LogP contribution in [0.15, 0.2) is 40.9 Å². The third-order valence-corrected chi connectivity index (χ3v) is 4.96. The average molecular weight is 446 g/mol. The Morgan fingerprint density at radius 3 is 2.46 bits per heavy atom. The molecule has 0 saturated carbocycles. The van der Waals surface area contributed by atoms with Crippen molar-refractivity contribution in [1.29, 1.82) is 0 Å². The number of rotatable bonds is 4. The summed E-state index contributed by atoms with van der Waals surface area (Å²) >= 11 is 8.32. The molecule has 0 atom stereocenters. The van der Waals surface area contributed by atoms with E-state index >= 15 is 0 Å². The second kappa shape index (κ2) is 6.39. The standard InChI is InChI=1S/C18H16BrClF2N2O2/c1-17(2)9-24(11-3-5-12(6-4-11)26-18(20,21)22)14-8-10(16(23)25)7-13(19)15(14)17/h3-8H,9H2,1-2H3,(H2,23,25). The van der Waals surface area contributed by atoms with E-state index in [1.807, 2.05) is 4.90 Å². The van der Waals surface area contributed by atoms with Crippen molar-refractivity contribution in [2.75, 3.05) is 11.4 Å². The molecule has 3 rings (SSSR count). The van der Waals surface area contributed by atoms with Crippen LogP contribution in [0.3, 0.4) is 0 Å². The largest absolute Gasteiger partial charge is 0.487 e. The summed E-state index contributed by atoms with van der Waals surface area (Å²) < 4.78 is 30.7. The van der Waals surface area contributed by atoms with Gasteiger partial charge in [0.15, 0.2) is 0 Å². The maximum absolute atomic E-state index is 12.8. The molecule has 4 nitrogen and oxygen atoms in total. The molecule has 8 heteroatoms. The van der Waals surface area contributed by atoms with Crippen molar-refractivity contribution < 1.29 is 18.3 Å². The van der Waals surface area contributed by atoms with E-state index in [9.17, 15) is 13.6 Å². The van der Waals surface area contributed by atoms with Crippen molar-refractivity contribution >= 4 is 44.8 Å². The monoisotopic (exact) mass is 444 g/mol. The van der Waals surface area contributed by atoms with E-state index < -0.39 is 11.5 Å². The van der Waals surface area contributed by atoms with Gasteiger partial charge in [-0.05, 0) is 42.0 Å². The smallest absolute Gasteiger partial charge is 0.420 e. The number of hydrogen-bond donors (Lipinski definition) is 1. The van der Waals surface area contributed by atoms with E-state index in [0.29, 0.717) is 12.1 Å². The van der Waals surface area contributed by atoms with Crippen LogP contribution in [0.25, 0.3) is 0 Å². The van der Waals surface area contributed by atoms with E-state index in [-0.39, 0.29) is 11.2 Å². The van der Waals surface area contributed by atoms with Gasteiger partial charge in [0.1, 0.15) is 5.75 Å². The Balaban J connectivity index is 2.02. The molecule has 0 unspecified atom stereocenters. The van der Waals surface area contributed by atoms with Crippen LogP contribution in [-0.4, -0.2) is 18.0 Å². The van der Waals surface area contributed by atoms with Crippen LogP contribution in [0.4, 0.5) is 20.2 Å². The molecule has 0 bridgehead atoms. The van der Waals surface area contributed by atoms with Crippen LogP contribution in [0.2, 0.25) is 0 Å². The summed E-state index contributed by atoms with van der Waals surface area (Å²) in [6.07, 6.45) is 0. The molecule has 0 aliphatic carbocycles. The average Bonchev–Trinajstić information content (AvgIpc) is 2.78. The van der Waals surface area contributed by atoms with Gasteiger partial charge in [-0.3, -0.25) is 4.79 Å². The van der Waals surface area contributed by atoms with Crippen LogP contribution in [-0.2, 0) is 5.41 Å². The minimum absolute atomic E-state index is 0.0421. The minimum Gasteiger partial charge on any atom is -0.420 e. The zero-order valence-corrected chi connectivity index (χ0v) is 16.4. The molecule has 0 spiro atoms. The molecule has 26 heavy (non-hydrogen) atoms. The van der Waals surface area contributed by atoms with Crippen LogP contribution >= 0.6 is 27.5 Å². The maximum Gasteiger partial charge on any atom is 0.487 e. The van der Waals surface area contributed by atoms with Crippen molar-refractivity contribution in [2.24, 2.45) is 5.73 Å². The summed E-state index contributed by atoms with van der Waals surface area (Å²) in [7, 11) is 0. The molecule has 1 aliphatic heterocycles. The van der Waals surface area contributed by atoms with E-state index in [1.165, 1.54) is 12.1 Å². The fraction of sp³-hybridized carbons (Fsp3) is 0.278. The second-order valence-electron chi connectivity index (χ2n) is 6.73. The first-order valence-electron chi connectivity index (χ1n) is 7.75. The number of nitrogens with zero attached hydrogens (tertiary/aromatic N) is 1. The van der Waals surface area contributed by atoms with Gasteiger partial charge in [-0.15, -0.1) is 8.78 Å². The normalized spacial score (nSPS) is 15.7. The van der Waals surface area contributed by atoms with Gasteiger partial charge in [-0.1, -0.05) is 29.8 Å². The molecule has 2 aromatic carbocycles. The highest BCUT2D eigenvalue weighted by Crippen LogP contribution is 2.48. The van der Waals surface area contributed by atoms with E-state index in [2.05, 4.69) is 34.5 Å². The summed E-state index contributed by atoms with van der Waals surface area (Å²) in [6, 6.07) is 9.62. The highest BCUT2D eigenvalue weighted by Gasteiger charge is 2.38. The number of amides is 1. The van der Waals surface area contributed by atoms with Crippen molar-refractivity contribution in [1.82, 2.24) is 0 Å². The molecule has 1 heterocycles. The Kier molecular flexibility index (Phi) is 4.65. The molecule has 138 valence electrons. The Labute approximate surface area is 163 Å². The fourth-order valence-corrected chi connectivity index (χ4v) is 4.31. The number of alkyl halides is 3. The van der Waals surface area contributed by atoms with E-state index in [1.54, 1.807) is 24.3 Å². The molecule has 2 N–H and O–H groups in total. The molecule has 1 aliphatic rings. The highest BCUT2D eigenvalue weighted by molar-refractivity contribution is 9.10. The zero-order chi connectivity index (χ0) is 19.3. The third-order valence-electron chi connectivity index (χ3n) is 4.26. The quantitative estimate of drug-likeness (QED) is 0.663. The molecular weight excluding hydrogens is 430 g/mol. The van der Waals surface area contributed by atoms with Crippen LogP contribution < -0.4 is 15.4 Å². The summed E-state index contributed by atoms with van der Waals surface area (Å²) in [6.45, 7) is 4.83. The summed E-state index contributed by atoms with van der Waals surface area (Å²) in [5.74, 6) is -0.564. The predicted octanol–water partition coefficient (Wildman–Crippen LogP) is 5.15. The molecule has 2 aromatic rings. The summed E-state index contributed by atoms with van der Waals surface area (Å²) in [4.78, 5) is 13.6. The van der Waals surface area contributed by atoms with E-state index in [4.69, 9.17) is 17.3 Å². The molecule has 1 amide bonds. The van der Waals surface area contributed by atoms with Gasteiger partial charge in [0, 0.05) is 45.0 Å². The van der Waals surface area contributed by atoms with Crippen molar-refractivity contribution in [2.45, 2.75) is 24.8 Å². The number of anilines is 2. The minimum atomic E-state index is -3.76. The summed E-state index contributed by atoms with van der Waals surface area (Å²) in [5.41, 5.74) is 4.53. The van der Waals surface area contributed by atoms with Crippen LogP contribution in [0, 0.1) is 0 Å². The predicted molar refractivity (Wildman–Crippen MR) is 101 cm³/mol. The number of benzene rings is 2. The first-order chi connectivity index (χ1) is 12.0. The van der Waals surface area contributed by atoms with Gasteiger partial charge in [0.05, 0.1) is 0 Å². The van der Waals surface area contributed by atoms with Crippen molar-refractivity contribution in [3.8, 4) is 5.75 Å². The van der Waals surface area contributed by atoms with Crippen molar-refractivity contribution in [3.05, 3.63) is 52.0 Å². The number of nitrogens with two attached hydrogens (primary N) is 1. The van der Waals surface area contributed by atoms with Crippen LogP contribution in [0.5, 0.6) is 5.75 Å². The van der Waals surface area contributed by atoms with Crippen LogP contribution in [0.1, 0.15) is 29.8 Å². The lowest BCUT2D eigenvalue weighted by Crippen LogP contribution is -2.25. The Bertz CT molecular complexity index is 867. The van der Waals surface area contributed by atoms with E-state index in [0.717, 1.165) is 21.4 Å². The number of ether oxygens (including phenoxy) is 1. The van der Waals surface area contributed by atoms with Gasteiger partial charge >= 0.3 is 5.57 Å². The second-order valence-corrected chi connectivity index (χ2v) is 8.02. The summed E-state index contributed by atoms with van der Waals surface area (Å²) in [5, 5.41) is 0. The van der Waals surface area contributed by atoms with Crippen molar-refractivity contribution in [3.63, 3.8) is 0 Å². The number of hydrogen-bond acceptors (Lipinski definition) is 3. The Morgan fingerprint density at radius 2 is 1.92 bits per heavy atom. The first kappa shape index (κ1) is 18.9. The van der Waals surface area contributed by atoms with Gasteiger partial charge in [-0.25, -0.2) is 0 Å². The number of carbonyl (C=O) groups excluding carboxylic acids is 1. The lowest BCUT2D eigenvalue weighted by atomic mass is 9.86.